The smallest absolute Gasteiger partial charge is 0.279 e. The molecule has 34 heavy (non-hydrogen) atoms. The molecule has 0 spiro atoms. The highest BCUT2D eigenvalue weighted by atomic mass is 32.2. The molecule has 8 nitrogen and oxygen atoms in total. The fourth-order valence-electron chi connectivity index (χ4n) is 3.81. The molecule has 1 aliphatic rings. The summed E-state index contributed by atoms with van der Waals surface area (Å²) in [6.07, 6.45) is 1.67. The number of carbonyl (C=O) groups excluding carboxylic acids is 1. The third-order valence-electron chi connectivity index (χ3n) is 5.66. The number of fused-ring (bicyclic) bond motifs is 1. The molecule has 1 atom stereocenters. The lowest BCUT2D eigenvalue weighted by Crippen LogP contribution is -2.34. The molecule has 1 aliphatic heterocycles. The first kappa shape index (κ1) is 24.7. The number of amides is 1. The Labute approximate surface area is 201 Å². The van der Waals surface area contributed by atoms with Crippen LogP contribution in [-0.4, -0.2) is 63.2 Å². The zero-order valence-corrected chi connectivity index (χ0v) is 20.6. The zero-order chi connectivity index (χ0) is 24.3. The van der Waals surface area contributed by atoms with Crippen molar-refractivity contribution in [3.63, 3.8) is 0 Å². The van der Waals surface area contributed by atoms with E-state index in [1.165, 1.54) is 59.1 Å². The molecular formula is C23H26FN3O5S2. The van der Waals surface area contributed by atoms with E-state index in [1.807, 2.05) is 0 Å². The van der Waals surface area contributed by atoms with E-state index in [0.29, 0.717) is 29.3 Å². The second-order valence-corrected chi connectivity index (χ2v) is 11.1. The number of aromatic nitrogens is 1. The summed E-state index contributed by atoms with van der Waals surface area (Å²) in [5.41, 5.74) is 1.01. The standard InChI is InChI=1S/C23H26FN3O5S2/c1-26(15-18-4-3-12-32-18)34(29,30)19-8-5-16(6-9-19)22(28)25-23-27(11-13-31-2)20-10-7-17(24)14-21(20)33-23/h5-10,14,18H,3-4,11-13,15H2,1-2H3. The van der Waals surface area contributed by atoms with E-state index in [-0.39, 0.29) is 28.9 Å². The Morgan fingerprint density at radius 3 is 2.74 bits per heavy atom. The Morgan fingerprint density at radius 1 is 1.29 bits per heavy atom. The zero-order valence-electron chi connectivity index (χ0n) is 18.9. The fraction of sp³-hybridized carbons (Fsp3) is 0.391. The highest BCUT2D eigenvalue weighted by Crippen LogP contribution is 2.21. The minimum atomic E-state index is -3.71. The minimum Gasteiger partial charge on any atom is -0.383 e. The van der Waals surface area contributed by atoms with Gasteiger partial charge in [-0.2, -0.15) is 9.30 Å². The molecule has 0 N–H and O–H groups in total. The number of carbonyl (C=O) groups is 1. The number of nitrogens with zero attached hydrogens (tertiary/aromatic N) is 3. The van der Waals surface area contributed by atoms with Crippen molar-refractivity contribution in [3.8, 4) is 0 Å². The van der Waals surface area contributed by atoms with Gasteiger partial charge in [-0.15, -0.1) is 0 Å². The largest absolute Gasteiger partial charge is 0.383 e. The molecule has 1 saturated heterocycles. The van der Waals surface area contributed by atoms with Gasteiger partial charge in [-0.1, -0.05) is 11.3 Å². The first-order valence-corrected chi connectivity index (χ1v) is 13.1. The summed E-state index contributed by atoms with van der Waals surface area (Å²) >= 11 is 1.20. The van der Waals surface area contributed by atoms with Crippen molar-refractivity contribution >= 4 is 37.5 Å². The number of thiazole rings is 1. The average Bonchev–Trinajstić information content (AvgIpc) is 3.44. The van der Waals surface area contributed by atoms with E-state index >= 15 is 0 Å². The van der Waals surface area contributed by atoms with E-state index in [9.17, 15) is 17.6 Å². The Bertz CT molecular complexity index is 1340. The van der Waals surface area contributed by atoms with Gasteiger partial charge in [-0.25, -0.2) is 12.8 Å². The molecule has 2 heterocycles. The van der Waals surface area contributed by atoms with Gasteiger partial charge in [0.2, 0.25) is 10.0 Å². The van der Waals surface area contributed by atoms with Crippen LogP contribution in [0, 0.1) is 5.82 Å². The summed E-state index contributed by atoms with van der Waals surface area (Å²) in [7, 11) is -0.610. The maximum atomic E-state index is 13.7. The van der Waals surface area contributed by atoms with Gasteiger partial charge in [0.05, 0.1) is 27.8 Å². The van der Waals surface area contributed by atoms with Crippen molar-refractivity contribution in [2.24, 2.45) is 4.99 Å². The SMILES string of the molecule is COCCn1c(=NC(=O)c2ccc(S(=O)(=O)N(C)CC3CCCO3)cc2)sc2cc(F)ccc21. The third-order valence-corrected chi connectivity index (χ3v) is 8.53. The first-order chi connectivity index (χ1) is 16.3. The molecule has 1 unspecified atom stereocenters. The topological polar surface area (TPSA) is 90.2 Å². The molecule has 1 aromatic heterocycles. The van der Waals surface area contributed by atoms with Crippen molar-refractivity contribution < 1.29 is 27.1 Å². The molecule has 182 valence electrons. The number of rotatable bonds is 8. The molecule has 1 fully saturated rings. The van der Waals surface area contributed by atoms with E-state index in [0.717, 1.165) is 18.4 Å². The number of ether oxygens (including phenoxy) is 2. The van der Waals surface area contributed by atoms with Crippen molar-refractivity contribution in [1.82, 2.24) is 8.87 Å². The Hall–Kier alpha value is -2.44. The first-order valence-electron chi connectivity index (χ1n) is 10.8. The van der Waals surface area contributed by atoms with Crippen LogP contribution in [0.5, 0.6) is 0 Å². The van der Waals surface area contributed by atoms with Crippen LogP contribution in [0.25, 0.3) is 10.2 Å². The summed E-state index contributed by atoms with van der Waals surface area (Å²) in [5, 5.41) is 0. The Morgan fingerprint density at radius 2 is 2.06 bits per heavy atom. The van der Waals surface area contributed by atoms with Crippen LogP contribution in [0.1, 0.15) is 23.2 Å². The summed E-state index contributed by atoms with van der Waals surface area (Å²) in [4.78, 5) is 17.6. The Kier molecular flexibility index (Phi) is 7.58. The molecule has 2 aromatic carbocycles. The van der Waals surface area contributed by atoms with Crippen molar-refractivity contribution in [1.29, 1.82) is 0 Å². The highest BCUT2D eigenvalue weighted by molar-refractivity contribution is 7.89. The molecule has 0 saturated carbocycles. The monoisotopic (exact) mass is 507 g/mol. The number of hydrogen-bond donors (Lipinski definition) is 0. The van der Waals surface area contributed by atoms with Crippen LogP contribution in [0.3, 0.4) is 0 Å². The molecule has 3 aromatic rings. The fourth-order valence-corrected chi connectivity index (χ4v) is 6.09. The lowest BCUT2D eigenvalue weighted by atomic mass is 10.2. The molecule has 0 bridgehead atoms. The second kappa shape index (κ2) is 10.4. The second-order valence-electron chi connectivity index (χ2n) is 8.00. The number of halogens is 1. The van der Waals surface area contributed by atoms with Crippen LogP contribution < -0.4 is 4.80 Å². The van der Waals surface area contributed by atoms with Crippen LogP contribution in [0.4, 0.5) is 4.39 Å². The summed E-state index contributed by atoms with van der Waals surface area (Å²) < 4.78 is 53.9. The van der Waals surface area contributed by atoms with Crippen molar-refractivity contribution in [2.45, 2.75) is 30.4 Å². The summed E-state index contributed by atoms with van der Waals surface area (Å²) in [6.45, 7) is 1.78. The number of sulfonamides is 1. The molecular weight excluding hydrogens is 481 g/mol. The lowest BCUT2D eigenvalue weighted by Gasteiger charge is -2.20. The van der Waals surface area contributed by atoms with Gasteiger partial charge in [-0.05, 0) is 55.3 Å². The van der Waals surface area contributed by atoms with Crippen molar-refractivity contribution in [2.75, 3.05) is 33.9 Å². The van der Waals surface area contributed by atoms with Gasteiger partial charge in [0.1, 0.15) is 5.82 Å². The van der Waals surface area contributed by atoms with E-state index < -0.39 is 15.9 Å². The van der Waals surface area contributed by atoms with E-state index in [1.54, 1.807) is 17.7 Å². The summed E-state index contributed by atoms with van der Waals surface area (Å²) in [6, 6.07) is 10.1. The normalized spacial score (nSPS) is 17.2. The van der Waals surface area contributed by atoms with Gasteiger partial charge >= 0.3 is 0 Å². The molecule has 11 heteroatoms. The van der Waals surface area contributed by atoms with Crippen LogP contribution >= 0.6 is 11.3 Å². The van der Waals surface area contributed by atoms with Crippen LogP contribution in [0.15, 0.2) is 52.4 Å². The predicted octanol–water partition coefficient (Wildman–Crippen LogP) is 3.03. The molecule has 0 aliphatic carbocycles. The number of methoxy groups -OCH3 is 1. The quantitative estimate of drug-likeness (QED) is 0.468. The summed E-state index contributed by atoms with van der Waals surface area (Å²) in [5.74, 6) is -0.887. The molecule has 1 amide bonds. The van der Waals surface area contributed by atoms with Gasteiger partial charge in [0.15, 0.2) is 4.80 Å². The number of hydrogen-bond acceptors (Lipinski definition) is 6. The van der Waals surface area contributed by atoms with Gasteiger partial charge in [0.25, 0.3) is 5.91 Å². The van der Waals surface area contributed by atoms with Crippen molar-refractivity contribution in [3.05, 3.63) is 58.6 Å². The van der Waals surface area contributed by atoms with Gasteiger partial charge in [0, 0.05) is 39.4 Å². The molecule has 0 radical (unpaired) electrons. The van der Waals surface area contributed by atoms with Gasteiger partial charge < -0.3 is 14.0 Å². The van der Waals surface area contributed by atoms with Crippen LogP contribution in [0.2, 0.25) is 0 Å². The highest BCUT2D eigenvalue weighted by Gasteiger charge is 2.26. The average molecular weight is 508 g/mol. The van der Waals surface area contributed by atoms with E-state index in [4.69, 9.17) is 9.47 Å². The van der Waals surface area contributed by atoms with Crippen LogP contribution in [-0.2, 0) is 26.0 Å². The lowest BCUT2D eigenvalue weighted by molar-refractivity contribution is 0.0979. The maximum absolute atomic E-state index is 13.7. The number of benzene rings is 2. The van der Waals surface area contributed by atoms with Gasteiger partial charge in [-0.3, -0.25) is 4.79 Å². The Balaban J connectivity index is 1.58. The number of likely N-dealkylation sites (N-methyl/N-ethyl adjacent to an activating group) is 1. The third kappa shape index (κ3) is 5.28. The maximum Gasteiger partial charge on any atom is 0.279 e. The van der Waals surface area contributed by atoms with E-state index in [2.05, 4.69) is 4.99 Å². The molecule has 4 rings (SSSR count). The minimum absolute atomic E-state index is 0.0945. The predicted molar refractivity (Wildman–Crippen MR) is 127 cm³/mol.